The van der Waals surface area contributed by atoms with Crippen LogP contribution in [0.5, 0.6) is 5.88 Å². The molecule has 4 rings (SSSR count). The van der Waals surface area contributed by atoms with E-state index < -0.39 is 14.9 Å². The number of ether oxygens (including phenoxy) is 1. The molecular weight excluding hydrogens is 484 g/mol. The van der Waals surface area contributed by atoms with Crippen LogP contribution < -0.4 is 14.4 Å². The van der Waals surface area contributed by atoms with Gasteiger partial charge in [-0.3, -0.25) is 19.7 Å². The number of hydrogen-bond acceptors (Lipinski definition) is 9. The lowest BCUT2D eigenvalue weighted by atomic mass is 10.1. The van der Waals surface area contributed by atoms with E-state index in [-0.39, 0.29) is 16.3 Å². The highest BCUT2D eigenvalue weighted by atomic mass is 32.2. The van der Waals surface area contributed by atoms with E-state index in [0.717, 1.165) is 11.6 Å². The fourth-order valence-corrected chi connectivity index (χ4v) is 5.08. The largest absolute Gasteiger partial charge is 0.481 e. The van der Waals surface area contributed by atoms with Crippen LogP contribution in [0, 0.1) is 21.4 Å². The van der Waals surface area contributed by atoms with E-state index in [4.69, 9.17) is 4.74 Å². The number of pyridine rings is 1. The first-order valence-corrected chi connectivity index (χ1v) is 12.6. The van der Waals surface area contributed by atoms with Crippen LogP contribution in [-0.4, -0.2) is 56.5 Å². The minimum Gasteiger partial charge on any atom is -0.481 e. The number of nitriles is 1. The summed E-state index contributed by atoms with van der Waals surface area (Å²) in [5.74, 6) is 0.326. The molecule has 0 radical (unpaired) electrons. The van der Waals surface area contributed by atoms with Crippen LogP contribution in [0.25, 0.3) is 0 Å². The molecule has 11 nitrogen and oxygen atoms in total. The average molecular weight is 509 g/mol. The molecule has 0 spiro atoms. The van der Waals surface area contributed by atoms with Gasteiger partial charge in [0.05, 0.1) is 40.4 Å². The molecule has 186 valence electrons. The summed E-state index contributed by atoms with van der Waals surface area (Å²) in [6.07, 6.45) is 1.30. The number of hydrogen-bond donors (Lipinski definition) is 1. The second-order valence-electron chi connectivity index (χ2n) is 8.13. The van der Waals surface area contributed by atoms with Gasteiger partial charge in [-0.2, -0.15) is 5.26 Å². The minimum atomic E-state index is -4.07. The summed E-state index contributed by atoms with van der Waals surface area (Å²) in [5, 5.41) is 21.2. The molecule has 0 bridgehead atoms. The van der Waals surface area contributed by atoms with Crippen molar-refractivity contribution in [1.29, 1.82) is 5.26 Å². The van der Waals surface area contributed by atoms with Crippen LogP contribution in [0.3, 0.4) is 0 Å². The van der Waals surface area contributed by atoms with Crippen LogP contribution in [0.2, 0.25) is 0 Å². The first-order valence-electron chi connectivity index (χ1n) is 11.1. The molecule has 0 saturated carbocycles. The van der Waals surface area contributed by atoms with Crippen molar-refractivity contribution in [3.63, 3.8) is 0 Å². The van der Waals surface area contributed by atoms with Gasteiger partial charge in [0.1, 0.15) is 5.69 Å². The van der Waals surface area contributed by atoms with Gasteiger partial charge in [-0.25, -0.2) is 13.4 Å². The van der Waals surface area contributed by atoms with E-state index in [1.165, 1.54) is 37.6 Å². The van der Waals surface area contributed by atoms with Gasteiger partial charge in [-0.1, -0.05) is 18.2 Å². The van der Waals surface area contributed by atoms with E-state index in [1.54, 1.807) is 6.07 Å². The van der Waals surface area contributed by atoms with E-state index in [2.05, 4.69) is 20.7 Å². The van der Waals surface area contributed by atoms with E-state index in [0.29, 0.717) is 49.9 Å². The first kappa shape index (κ1) is 24.9. The van der Waals surface area contributed by atoms with Gasteiger partial charge in [0.15, 0.2) is 0 Å². The van der Waals surface area contributed by atoms with E-state index in [9.17, 15) is 23.8 Å². The van der Waals surface area contributed by atoms with Crippen molar-refractivity contribution in [3.05, 3.63) is 82.0 Å². The number of piperazine rings is 1. The number of nitrogens with one attached hydrogen (secondary N) is 1. The molecule has 1 N–H and O–H groups in total. The number of nitro groups is 1. The van der Waals surface area contributed by atoms with Crippen molar-refractivity contribution < 1.29 is 18.1 Å². The number of sulfonamides is 1. The van der Waals surface area contributed by atoms with Crippen molar-refractivity contribution in [1.82, 2.24) is 9.88 Å². The normalized spacial score (nSPS) is 14.2. The predicted octanol–water partition coefficient (Wildman–Crippen LogP) is 2.99. The number of nitrogens with zero attached hydrogens (tertiary/aromatic N) is 5. The zero-order valence-corrected chi connectivity index (χ0v) is 20.3. The average Bonchev–Trinajstić information content (AvgIpc) is 2.89. The second-order valence-corrected chi connectivity index (χ2v) is 9.82. The molecule has 12 heteroatoms. The van der Waals surface area contributed by atoms with E-state index in [1.807, 2.05) is 23.1 Å². The van der Waals surface area contributed by atoms with Crippen molar-refractivity contribution in [3.8, 4) is 11.9 Å². The molecule has 2 aromatic carbocycles. The van der Waals surface area contributed by atoms with Gasteiger partial charge < -0.3 is 9.64 Å². The highest BCUT2D eigenvalue weighted by molar-refractivity contribution is 7.92. The summed E-state index contributed by atoms with van der Waals surface area (Å²) in [5.41, 5.74) is 1.85. The molecule has 0 unspecified atom stereocenters. The van der Waals surface area contributed by atoms with Gasteiger partial charge in [0.2, 0.25) is 5.88 Å². The van der Waals surface area contributed by atoms with Gasteiger partial charge in [0, 0.05) is 44.9 Å². The molecule has 0 atom stereocenters. The Balaban J connectivity index is 1.48. The zero-order valence-electron chi connectivity index (χ0n) is 19.5. The maximum absolute atomic E-state index is 12.9. The maximum Gasteiger partial charge on any atom is 0.293 e. The summed E-state index contributed by atoms with van der Waals surface area (Å²) in [6.45, 7) is 2.95. The van der Waals surface area contributed by atoms with Crippen LogP contribution in [0.15, 0.2) is 65.7 Å². The van der Waals surface area contributed by atoms with Gasteiger partial charge in [-0.05, 0) is 29.8 Å². The van der Waals surface area contributed by atoms with Crippen LogP contribution in [0.1, 0.15) is 11.1 Å². The molecule has 1 aromatic heterocycles. The van der Waals surface area contributed by atoms with Gasteiger partial charge in [-0.15, -0.1) is 0 Å². The number of benzene rings is 2. The Hall–Kier alpha value is -4.21. The molecular formula is C24H24N6O5S. The lowest BCUT2D eigenvalue weighted by Crippen LogP contribution is -2.46. The molecule has 3 aromatic rings. The summed E-state index contributed by atoms with van der Waals surface area (Å²) >= 11 is 0. The summed E-state index contributed by atoms with van der Waals surface area (Å²) in [7, 11) is -2.63. The fraction of sp³-hybridized carbons (Fsp3) is 0.250. The number of rotatable bonds is 8. The maximum atomic E-state index is 12.9. The molecule has 1 aliphatic heterocycles. The molecule has 1 fully saturated rings. The zero-order chi connectivity index (χ0) is 25.7. The molecule has 1 saturated heterocycles. The first-order chi connectivity index (χ1) is 17.3. The Bertz CT molecular complexity index is 1400. The molecule has 0 aliphatic carbocycles. The third kappa shape index (κ3) is 5.54. The Morgan fingerprint density at radius 3 is 2.53 bits per heavy atom. The van der Waals surface area contributed by atoms with Crippen molar-refractivity contribution >= 4 is 27.1 Å². The smallest absolute Gasteiger partial charge is 0.293 e. The van der Waals surface area contributed by atoms with Gasteiger partial charge in [0.25, 0.3) is 15.7 Å². The Morgan fingerprint density at radius 2 is 1.89 bits per heavy atom. The molecule has 2 heterocycles. The monoisotopic (exact) mass is 508 g/mol. The molecule has 1 aliphatic rings. The topological polar surface area (TPSA) is 142 Å². The lowest BCUT2D eigenvalue weighted by molar-refractivity contribution is -0.384. The lowest BCUT2D eigenvalue weighted by Gasteiger charge is -2.36. The quantitative estimate of drug-likeness (QED) is 0.359. The SMILES string of the molecule is COc1ccc(NS(=O)(=O)c2ccc(N3CCN(Cc4ccccc4C#N)CC3)c([N+](=O)[O-])c2)cn1. The Morgan fingerprint density at radius 1 is 1.14 bits per heavy atom. The van der Waals surface area contributed by atoms with Crippen LogP contribution in [-0.2, 0) is 16.6 Å². The number of anilines is 2. The highest BCUT2D eigenvalue weighted by Crippen LogP contribution is 2.32. The fourth-order valence-electron chi connectivity index (χ4n) is 4.01. The van der Waals surface area contributed by atoms with Gasteiger partial charge >= 0.3 is 0 Å². The summed E-state index contributed by atoms with van der Waals surface area (Å²) in [4.78, 5) is 19.1. The van der Waals surface area contributed by atoms with Crippen molar-refractivity contribution in [2.24, 2.45) is 0 Å². The Labute approximate surface area is 208 Å². The highest BCUT2D eigenvalue weighted by Gasteiger charge is 2.27. The van der Waals surface area contributed by atoms with Crippen LogP contribution >= 0.6 is 0 Å². The standard InChI is InChI=1S/C24H24N6O5S/c1-35-24-9-6-20(16-26-24)27-36(33,34)21-7-8-22(23(14-21)30(31)32)29-12-10-28(11-13-29)17-19-5-3-2-4-18(19)15-25/h2-9,14,16,27H,10-13,17H2,1H3. The molecule has 36 heavy (non-hydrogen) atoms. The number of aromatic nitrogens is 1. The minimum absolute atomic E-state index is 0.205. The third-order valence-corrected chi connectivity index (χ3v) is 7.28. The molecule has 0 amide bonds. The van der Waals surface area contributed by atoms with Crippen LogP contribution in [0.4, 0.5) is 17.1 Å². The Kier molecular flexibility index (Phi) is 7.33. The number of methoxy groups -OCH3 is 1. The second kappa shape index (κ2) is 10.6. The predicted molar refractivity (Wildman–Crippen MR) is 133 cm³/mol. The number of nitro benzene ring substituents is 1. The summed E-state index contributed by atoms with van der Waals surface area (Å²) in [6, 6.07) is 16.5. The van der Waals surface area contributed by atoms with Crippen molar-refractivity contribution in [2.45, 2.75) is 11.4 Å². The van der Waals surface area contributed by atoms with E-state index >= 15 is 0 Å². The summed E-state index contributed by atoms with van der Waals surface area (Å²) < 4.78 is 33.0. The third-order valence-electron chi connectivity index (χ3n) is 5.90. The van der Waals surface area contributed by atoms with Crippen molar-refractivity contribution in [2.75, 3.05) is 42.9 Å².